The summed E-state index contributed by atoms with van der Waals surface area (Å²) in [6, 6.07) is 4.96. The second-order valence-electron chi connectivity index (χ2n) is 3.48. The topological polar surface area (TPSA) is 55.6 Å². The van der Waals surface area contributed by atoms with Crippen LogP contribution in [0.4, 0.5) is 5.69 Å². The smallest absolute Gasteiger partial charge is 0.258 e. The number of ether oxygens (including phenoxy) is 1. The molecule has 4 nitrogen and oxygen atoms in total. The highest BCUT2D eigenvalue weighted by molar-refractivity contribution is 5.98. The van der Waals surface area contributed by atoms with Gasteiger partial charge in [-0.1, -0.05) is 5.92 Å². The number of nitrogens with zero attached hydrogens (tertiary/aromatic N) is 1. The van der Waals surface area contributed by atoms with Crippen molar-refractivity contribution in [2.45, 2.75) is 6.92 Å². The van der Waals surface area contributed by atoms with Gasteiger partial charge in [0.05, 0.1) is 19.2 Å². The van der Waals surface area contributed by atoms with Crippen LogP contribution >= 0.6 is 0 Å². The molecular formula is C13H16N2O2. The van der Waals surface area contributed by atoms with E-state index in [1.54, 1.807) is 23.1 Å². The molecule has 0 spiro atoms. The lowest BCUT2D eigenvalue weighted by atomic mass is 10.1. The molecule has 90 valence electrons. The van der Waals surface area contributed by atoms with E-state index >= 15 is 0 Å². The molecule has 0 unspecified atom stereocenters. The number of carbonyl (C=O) groups is 1. The lowest BCUT2D eigenvalue weighted by Crippen LogP contribution is -2.31. The van der Waals surface area contributed by atoms with Crippen molar-refractivity contribution < 1.29 is 9.53 Å². The van der Waals surface area contributed by atoms with E-state index in [0.29, 0.717) is 23.5 Å². The van der Waals surface area contributed by atoms with E-state index in [-0.39, 0.29) is 12.5 Å². The molecule has 0 atom stereocenters. The quantitative estimate of drug-likeness (QED) is 0.630. The monoisotopic (exact) mass is 232 g/mol. The molecule has 4 heteroatoms. The zero-order valence-electron chi connectivity index (χ0n) is 10.1. The predicted octanol–water partition coefficient (Wildman–Crippen LogP) is 1.37. The zero-order chi connectivity index (χ0) is 12.8. The van der Waals surface area contributed by atoms with Crippen molar-refractivity contribution in [1.29, 1.82) is 0 Å². The van der Waals surface area contributed by atoms with Gasteiger partial charge in [-0.05, 0) is 25.1 Å². The van der Waals surface area contributed by atoms with Crippen molar-refractivity contribution in [3.05, 3.63) is 23.8 Å². The van der Waals surface area contributed by atoms with Gasteiger partial charge >= 0.3 is 0 Å². The second-order valence-corrected chi connectivity index (χ2v) is 3.48. The maximum absolute atomic E-state index is 12.2. The molecule has 1 aromatic carbocycles. The van der Waals surface area contributed by atoms with Gasteiger partial charge in [-0.2, -0.15) is 0 Å². The molecule has 0 aromatic heterocycles. The molecule has 0 heterocycles. The van der Waals surface area contributed by atoms with Crippen LogP contribution in [-0.4, -0.2) is 31.0 Å². The Kier molecular flexibility index (Phi) is 4.41. The van der Waals surface area contributed by atoms with Gasteiger partial charge in [-0.25, -0.2) is 0 Å². The molecule has 1 rings (SSSR count). The maximum Gasteiger partial charge on any atom is 0.258 e. The summed E-state index contributed by atoms with van der Waals surface area (Å²) in [5.74, 6) is 2.78. The van der Waals surface area contributed by atoms with Gasteiger partial charge in [0.1, 0.15) is 5.75 Å². The number of nitrogen functional groups attached to an aromatic ring is 1. The number of benzene rings is 1. The highest BCUT2D eigenvalue weighted by atomic mass is 16.5. The van der Waals surface area contributed by atoms with E-state index in [1.807, 2.05) is 6.92 Å². The number of rotatable bonds is 4. The van der Waals surface area contributed by atoms with E-state index in [1.165, 1.54) is 7.11 Å². The molecule has 0 fully saturated rings. The van der Waals surface area contributed by atoms with Crippen LogP contribution in [-0.2, 0) is 0 Å². The molecule has 1 aromatic rings. The Labute approximate surface area is 101 Å². The minimum Gasteiger partial charge on any atom is -0.496 e. The Balaban J connectivity index is 3.10. The van der Waals surface area contributed by atoms with Gasteiger partial charge in [0.15, 0.2) is 0 Å². The average molecular weight is 232 g/mol. The van der Waals surface area contributed by atoms with Crippen molar-refractivity contribution in [1.82, 2.24) is 4.90 Å². The summed E-state index contributed by atoms with van der Waals surface area (Å²) >= 11 is 0. The minimum atomic E-state index is -0.172. The van der Waals surface area contributed by atoms with Crippen molar-refractivity contribution >= 4 is 11.6 Å². The first kappa shape index (κ1) is 12.9. The molecule has 0 aliphatic rings. The molecule has 2 N–H and O–H groups in total. The van der Waals surface area contributed by atoms with Gasteiger partial charge in [-0.15, -0.1) is 6.42 Å². The summed E-state index contributed by atoms with van der Waals surface area (Å²) < 4.78 is 5.14. The van der Waals surface area contributed by atoms with Crippen LogP contribution in [0.25, 0.3) is 0 Å². The van der Waals surface area contributed by atoms with Crippen molar-refractivity contribution in [2.24, 2.45) is 0 Å². The SMILES string of the molecule is C#CCN(CC)C(=O)c1cc(N)ccc1OC. The summed E-state index contributed by atoms with van der Waals surface area (Å²) in [4.78, 5) is 13.7. The highest BCUT2D eigenvalue weighted by Crippen LogP contribution is 2.22. The van der Waals surface area contributed by atoms with Gasteiger partial charge in [0.2, 0.25) is 0 Å². The number of terminal acetylenes is 1. The Morgan fingerprint density at radius 1 is 1.59 bits per heavy atom. The normalized spacial score (nSPS) is 9.47. The number of anilines is 1. The first-order valence-electron chi connectivity index (χ1n) is 5.30. The number of methoxy groups -OCH3 is 1. The fourth-order valence-corrected chi connectivity index (χ4v) is 1.50. The summed E-state index contributed by atoms with van der Waals surface area (Å²) in [5, 5.41) is 0. The van der Waals surface area contributed by atoms with Crippen molar-refractivity contribution in [3.63, 3.8) is 0 Å². The average Bonchev–Trinajstić information content (AvgIpc) is 2.35. The van der Waals surface area contributed by atoms with E-state index in [2.05, 4.69) is 5.92 Å². The molecule has 0 saturated heterocycles. The Bertz CT molecular complexity index is 449. The molecule has 0 aliphatic carbocycles. The van der Waals surface area contributed by atoms with Gasteiger partial charge in [0, 0.05) is 12.2 Å². The lowest BCUT2D eigenvalue weighted by molar-refractivity contribution is 0.0781. The van der Waals surface area contributed by atoms with Crippen molar-refractivity contribution in [2.75, 3.05) is 25.9 Å². The number of nitrogens with two attached hydrogens (primary N) is 1. The van der Waals surface area contributed by atoms with E-state index in [9.17, 15) is 4.79 Å². The van der Waals surface area contributed by atoms with Crippen LogP contribution in [0.1, 0.15) is 17.3 Å². The van der Waals surface area contributed by atoms with Gasteiger partial charge in [0.25, 0.3) is 5.91 Å². The van der Waals surface area contributed by atoms with E-state index < -0.39 is 0 Å². The summed E-state index contributed by atoms with van der Waals surface area (Å²) in [7, 11) is 1.51. The number of hydrogen-bond acceptors (Lipinski definition) is 3. The Morgan fingerprint density at radius 3 is 2.82 bits per heavy atom. The summed E-state index contributed by atoms with van der Waals surface area (Å²) in [6.45, 7) is 2.68. The summed E-state index contributed by atoms with van der Waals surface area (Å²) in [6.07, 6.45) is 5.22. The van der Waals surface area contributed by atoms with Crippen LogP contribution in [0.3, 0.4) is 0 Å². The Hall–Kier alpha value is -2.15. The van der Waals surface area contributed by atoms with Crippen LogP contribution < -0.4 is 10.5 Å². The standard InChI is InChI=1S/C13H16N2O2/c1-4-8-15(5-2)13(16)11-9-10(14)6-7-12(11)17-3/h1,6-7,9H,5,8,14H2,2-3H3. The highest BCUT2D eigenvalue weighted by Gasteiger charge is 2.17. The van der Waals surface area contributed by atoms with E-state index in [4.69, 9.17) is 16.9 Å². The number of carbonyl (C=O) groups excluding carboxylic acids is 1. The molecule has 0 saturated carbocycles. The molecule has 0 radical (unpaired) electrons. The van der Waals surface area contributed by atoms with Crippen LogP contribution in [0.15, 0.2) is 18.2 Å². The van der Waals surface area contributed by atoms with Crippen LogP contribution in [0.5, 0.6) is 5.75 Å². The molecule has 0 bridgehead atoms. The molecule has 0 aliphatic heterocycles. The van der Waals surface area contributed by atoms with E-state index in [0.717, 1.165) is 0 Å². The third-order valence-corrected chi connectivity index (χ3v) is 2.41. The zero-order valence-corrected chi connectivity index (χ0v) is 10.1. The molecule has 1 amide bonds. The van der Waals surface area contributed by atoms with Crippen molar-refractivity contribution in [3.8, 4) is 18.1 Å². The van der Waals surface area contributed by atoms with Gasteiger partial charge in [-0.3, -0.25) is 4.79 Å². The predicted molar refractivity (Wildman–Crippen MR) is 67.8 cm³/mol. The number of amides is 1. The number of hydrogen-bond donors (Lipinski definition) is 1. The molecular weight excluding hydrogens is 216 g/mol. The fourth-order valence-electron chi connectivity index (χ4n) is 1.50. The summed E-state index contributed by atoms with van der Waals surface area (Å²) in [5.41, 5.74) is 6.62. The second kappa shape index (κ2) is 5.80. The first-order chi connectivity index (χ1) is 8.13. The molecule has 17 heavy (non-hydrogen) atoms. The maximum atomic E-state index is 12.2. The lowest BCUT2D eigenvalue weighted by Gasteiger charge is -2.19. The van der Waals surface area contributed by atoms with Crippen LogP contribution in [0.2, 0.25) is 0 Å². The third-order valence-electron chi connectivity index (χ3n) is 2.41. The third kappa shape index (κ3) is 2.91. The minimum absolute atomic E-state index is 0.172. The van der Waals surface area contributed by atoms with Crippen LogP contribution in [0, 0.1) is 12.3 Å². The fraction of sp³-hybridized carbons (Fsp3) is 0.308. The van der Waals surface area contributed by atoms with Gasteiger partial charge < -0.3 is 15.4 Å². The first-order valence-corrected chi connectivity index (χ1v) is 5.30. The Morgan fingerprint density at radius 2 is 2.29 bits per heavy atom. The largest absolute Gasteiger partial charge is 0.496 e.